The van der Waals surface area contributed by atoms with Crippen LogP contribution < -0.4 is 0 Å². The number of carbonyl (C=O) groups excluding carboxylic acids is 1. The molecule has 0 atom stereocenters. The minimum Gasteiger partial charge on any atom is -0.292 e. The highest BCUT2D eigenvalue weighted by Crippen LogP contribution is 2.27. The molecule has 84 valence electrons. The summed E-state index contributed by atoms with van der Waals surface area (Å²) in [5.74, 6) is 0.180. The molecule has 0 N–H and O–H groups in total. The fourth-order valence-corrected chi connectivity index (χ4v) is 2.38. The monoisotopic (exact) mass is 234 g/mol. The molecule has 1 aliphatic carbocycles. The van der Waals surface area contributed by atoms with Gasteiger partial charge in [0.1, 0.15) is 0 Å². The van der Waals surface area contributed by atoms with Crippen LogP contribution in [0.1, 0.15) is 28.9 Å². The molecule has 0 spiro atoms. The maximum absolute atomic E-state index is 11.9. The number of Topliss-reactive ketones (excluding diaryl/α,β-unsaturated/α-hetero) is 1. The second kappa shape index (κ2) is 5.24. The van der Waals surface area contributed by atoms with Gasteiger partial charge in [0.05, 0.1) is 17.5 Å². The molecule has 1 aromatic rings. The van der Waals surface area contributed by atoms with Gasteiger partial charge in [-0.05, 0) is 24.3 Å². The molecule has 3 nitrogen and oxygen atoms in total. The van der Waals surface area contributed by atoms with Crippen molar-refractivity contribution in [3.05, 3.63) is 22.4 Å². The summed E-state index contributed by atoms with van der Waals surface area (Å²) in [5, 5.41) is 10.5. The van der Waals surface area contributed by atoms with Crippen molar-refractivity contribution in [2.24, 2.45) is 0 Å². The Hall–Kier alpha value is -1.18. The summed E-state index contributed by atoms with van der Waals surface area (Å²) in [7, 11) is 0. The maximum atomic E-state index is 11.9. The Balaban J connectivity index is 1.90. The Morgan fingerprint density at radius 2 is 2.44 bits per heavy atom. The number of hydrogen-bond acceptors (Lipinski definition) is 4. The fraction of sp³-hybridized carbons (Fsp3) is 0.500. The largest absolute Gasteiger partial charge is 0.292 e. The van der Waals surface area contributed by atoms with Crippen molar-refractivity contribution < 1.29 is 4.79 Å². The fourth-order valence-electron chi connectivity index (χ4n) is 1.72. The van der Waals surface area contributed by atoms with Crippen molar-refractivity contribution in [1.82, 2.24) is 4.90 Å². The highest BCUT2D eigenvalue weighted by atomic mass is 32.1. The van der Waals surface area contributed by atoms with Crippen molar-refractivity contribution >= 4 is 17.1 Å². The van der Waals surface area contributed by atoms with Crippen molar-refractivity contribution in [2.75, 3.05) is 13.1 Å². The van der Waals surface area contributed by atoms with E-state index in [0.29, 0.717) is 19.0 Å². The average Bonchev–Trinajstić information content (AvgIpc) is 2.98. The molecule has 16 heavy (non-hydrogen) atoms. The van der Waals surface area contributed by atoms with Crippen molar-refractivity contribution in [1.29, 1.82) is 5.26 Å². The molecule has 1 aromatic heterocycles. The van der Waals surface area contributed by atoms with Crippen LogP contribution in [0, 0.1) is 11.3 Å². The molecule has 0 amide bonds. The van der Waals surface area contributed by atoms with Gasteiger partial charge in [-0.1, -0.05) is 6.07 Å². The third-order valence-corrected chi connectivity index (χ3v) is 3.63. The van der Waals surface area contributed by atoms with Crippen molar-refractivity contribution in [3.63, 3.8) is 0 Å². The summed E-state index contributed by atoms with van der Waals surface area (Å²) in [4.78, 5) is 14.9. The van der Waals surface area contributed by atoms with Crippen LogP contribution in [0.4, 0.5) is 0 Å². The summed E-state index contributed by atoms with van der Waals surface area (Å²) in [6, 6.07) is 6.44. The van der Waals surface area contributed by atoms with Gasteiger partial charge in [0.25, 0.3) is 0 Å². The maximum Gasteiger partial charge on any atom is 0.186 e. The molecule has 1 fully saturated rings. The van der Waals surface area contributed by atoms with E-state index in [9.17, 15) is 4.79 Å². The van der Waals surface area contributed by atoms with E-state index in [2.05, 4.69) is 11.0 Å². The Morgan fingerprint density at radius 1 is 1.62 bits per heavy atom. The summed E-state index contributed by atoms with van der Waals surface area (Å²) in [6.45, 7) is 1.19. The van der Waals surface area contributed by atoms with E-state index in [1.807, 2.05) is 17.5 Å². The molecule has 0 saturated heterocycles. The first-order chi connectivity index (χ1) is 7.81. The minimum absolute atomic E-state index is 0.180. The van der Waals surface area contributed by atoms with Gasteiger partial charge in [-0.15, -0.1) is 11.3 Å². The number of nitriles is 1. The van der Waals surface area contributed by atoms with Crippen LogP contribution in [-0.4, -0.2) is 29.8 Å². The minimum atomic E-state index is 0.180. The molecule has 0 radical (unpaired) electrons. The summed E-state index contributed by atoms with van der Waals surface area (Å²) in [5.41, 5.74) is 0. The number of nitrogens with zero attached hydrogens (tertiary/aromatic N) is 2. The molecule has 0 aliphatic heterocycles. The molecule has 2 rings (SSSR count). The smallest absolute Gasteiger partial charge is 0.186 e. The normalized spacial score (nSPS) is 15.0. The molecular formula is C12H14N2OS. The second-order valence-corrected chi connectivity index (χ2v) is 4.96. The summed E-state index contributed by atoms with van der Waals surface area (Å²) in [6.07, 6.45) is 2.85. The van der Waals surface area contributed by atoms with E-state index in [0.717, 1.165) is 11.4 Å². The van der Waals surface area contributed by atoms with Crippen LogP contribution in [-0.2, 0) is 0 Å². The van der Waals surface area contributed by atoms with Gasteiger partial charge >= 0.3 is 0 Å². The van der Waals surface area contributed by atoms with Crippen LogP contribution in [0.5, 0.6) is 0 Å². The Kier molecular flexibility index (Phi) is 3.70. The van der Waals surface area contributed by atoms with Gasteiger partial charge in [0.15, 0.2) is 5.78 Å². The van der Waals surface area contributed by atoms with Crippen LogP contribution in [0.3, 0.4) is 0 Å². The lowest BCUT2D eigenvalue weighted by Gasteiger charge is -2.18. The molecule has 1 heterocycles. The van der Waals surface area contributed by atoms with Crippen molar-refractivity contribution in [3.8, 4) is 6.07 Å². The molecule has 1 aliphatic rings. The van der Waals surface area contributed by atoms with Crippen LogP contribution in [0.15, 0.2) is 17.5 Å². The van der Waals surface area contributed by atoms with Gasteiger partial charge in [0, 0.05) is 19.0 Å². The predicted molar refractivity (Wildman–Crippen MR) is 63.5 cm³/mol. The SMILES string of the molecule is N#CCCN(CC(=O)c1cccs1)C1CC1. The van der Waals surface area contributed by atoms with Gasteiger partial charge in [-0.25, -0.2) is 0 Å². The Morgan fingerprint density at radius 3 is 3.00 bits per heavy atom. The topological polar surface area (TPSA) is 44.1 Å². The first-order valence-corrected chi connectivity index (χ1v) is 6.37. The number of rotatable bonds is 6. The number of ketones is 1. The van der Waals surface area contributed by atoms with E-state index in [4.69, 9.17) is 5.26 Å². The third kappa shape index (κ3) is 2.91. The van der Waals surface area contributed by atoms with E-state index < -0.39 is 0 Å². The first-order valence-electron chi connectivity index (χ1n) is 5.49. The number of thiophene rings is 1. The molecule has 4 heteroatoms. The van der Waals surface area contributed by atoms with E-state index in [1.165, 1.54) is 24.2 Å². The predicted octanol–water partition coefficient (Wildman–Crippen LogP) is 2.31. The Labute approximate surface area is 99.3 Å². The molecule has 0 aromatic carbocycles. The lowest BCUT2D eigenvalue weighted by Crippen LogP contribution is -2.32. The van der Waals surface area contributed by atoms with Gasteiger partial charge in [-0.3, -0.25) is 9.69 Å². The number of carbonyl (C=O) groups is 1. The highest BCUT2D eigenvalue weighted by Gasteiger charge is 2.30. The zero-order chi connectivity index (χ0) is 11.4. The molecule has 1 saturated carbocycles. The van der Waals surface area contributed by atoms with Crippen LogP contribution >= 0.6 is 11.3 Å². The first kappa shape index (κ1) is 11.3. The van der Waals surface area contributed by atoms with Gasteiger partial charge in [-0.2, -0.15) is 5.26 Å². The lowest BCUT2D eigenvalue weighted by atomic mass is 10.3. The standard InChI is InChI=1S/C12H14N2OS/c13-6-2-7-14(10-4-5-10)9-11(15)12-3-1-8-16-12/h1,3,8,10H,2,4-5,7,9H2. The van der Waals surface area contributed by atoms with Crippen molar-refractivity contribution in [2.45, 2.75) is 25.3 Å². The molecule has 0 bridgehead atoms. The second-order valence-electron chi connectivity index (χ2n) is 4.01. The van der Waals surface area contributed by atoms with E-state index in [1.54, 1.807) is 0 Å². The highest BCUT2D eigenvalue weighted by molar-refractivity contribution is 7.12. The quantitative estimate of drug-likeness (QED) is 0.709. The van der Waals surface area contributed by atoms with E-state index in [-0.39, 0.29) is 5.78 Å². The lowest BCUT2D eigenvalue weighted by molar-refractivity contribution is 0.0930. The average molecular weight is 234 g/mol. The van der Waals surface area contributed by atoms with Crippen LogP contribution in [0.25, 0.3) is 0 Å². The summed E-state index contributed by atoms with van der Waals surface area (Å²) >= 11 is 1.49. The third-order valence-electron chi connectivity index (χ3n) is 2.72. The van der Waals surface area contributed by atoms with Crippen LogP contribution in [0.2, 0.25) is 0 Å². The molecular weight excluding hydrogens is 220 g/mol. The Bertz CT molecular complexity index is 390. The van der Waals surface area contributed by atoms with E-state index >= 15 is 0 Å². The number of hydrogen-bond donors (Lipinski definition) is 0. The summed E-state index contributed by atoms with van der Waals surface area (Å²) < 4.78 is 0. The van der Waals surface area contributed by atoms with Gasteiger partial charge < -0.3 is 0 Å². The molecule has 0 unspecified atom stereocenters. The zero-order valence-corrected chi connectivity index (χ0v) is 9.87. The zero-order valence-electron chi connectivity index (χ0n) is 9.06. The van der Waals surface area contributed by atoms with Gasteiger partial charge in [0.2, 0.25) is 0 Å².